The van der Waals surface area contributed by atoms with Gasteiger partial charge in [0, 0.05) is 43.5 Å². The summed E-state index contributed by atoms with van der Waals surface area (Å²) in [6.07, 6.45) is 0.658. The summed E-state index contributed by atoms with van der Waals surface area (Å²) in [6.45, 7) is 10.3. The van der Waals surface area contributed by atoms with Gasteiger partial charge in [-0.15, -0.1) is 0 Å². The maximum absolute atomic E-state index is 12.1. The molecule has 0 amide bonds. The quantitative estimate of drug-likeness (QED) is 0.346. The second kappa shape index (κ2) is 10.8. The summed E-state index contributed by atoms with van der Waals surface area (Å²) < 4.78 is 14.7. The van der Waals surface area contributed by atoms with Crippen LogP contribution >= 0.6 is 0 Å². The minimum absolute atomic E-state index is 0.0255. The molecule has 0 radical (unpaired) electrons. The molecule has 2 unspecified atom stereocenters. The predicted octanol–water partition coefficient (Wildman–Crippen LogP) is 2.40. The molecule has 2 heterocycles. The Morgan fingerprint density at radius 3 is 2.59 bits per heavy atom. The molecule has 0 fully saturated rings. The number of esters is 1. The lowest BCUT2D eigenvalue weighted by Gasteiger charge is -2.21. The molecular weight excluding hydrogens is 436 g/mol. The van der Waals surface area contributed by atoms with E-state index in [9.17, 15) is 14.7 Å². The summed E-state index contributed by atoms with van der Waals surface area (Å²) in [5, 5.41) is 12.9. The lowest BCUT2D eigenvalue weighted by molar-refractivity contribution is -0.152. The number of aliphatic hydroxyl groups excluding tert-OH is 1. The minimum Gasteiger partial charge on any atom is -0.492 e. The fourth-order valence-electron chi connectivity index (χ4n) is 3.88. The van der Waals surface area contributed by atoms with E-state index in [4.69, 9.17) is 14.5 Å². The zero-order valence-corrected chi connectivity index (χ0v) is 20.7. The van der Waals surface area contributed by atoms with E-state index < -0.39 is 18.1 Å². The fraction of sp³-hybridized carbons (Fsp3) is 0.480. The first kappa shape index (κ1) is 25.5. The number of imidazole rings is 1. The summed E-state index contributed by atoms with van der Waals surface area (Å²) in [7, 11) is 1.74. The normalized spacial score (nSPS) is 13.3. The van der Waals surface area contributed by atoms with E-state index in [0.717, 1.165) is 29.0 Å². The van der Waals surface area contributed by atoms with Crippen molar-refractivity contribution in [2.45, 2.75) is 59.4 Å². The van der Waals surface area contributed by atoms with E-state index in [2.05, 4.69) is 16.8 Å². The molecule has 0 spiro atoms. The average molecular weight is 471 g/mol. The van der Waals surface area contributed by atoms with Gasteiger partial charge in [0.2, 0.25) is 0 Å². The van der Waals surface area contributed by atoms with Gasteiger partial charge in [-0.05, 0) is 52.8 Å². The minimum atomic E-state index is -0.889. The summed E-state index contributed by atoms with van der Waals surface area (Å²) in [6, 6.07) is 6.76. The van der Waals surface area contributed by atoms with Crippen molar-refractivity contribution in [3.8, 4) is 17.1 Å². The number of carbonyl (C=O) groups is 1. The van der Waals surface area contributed by atoms with E-state index >= 15 is 0 Å². The van der Waals surface area contributed by atoms with Crippen molar-refractivity contribution in [3.63, 3.8) is 0 Å². The van der Waals surface area contributed by atoms with Gasteiger partial charge in [-0.25, -0.2) is 4.98 Å². The van der Waals surface area contributed by atoms with Crippen LogP contribution in [0.15, 0.2) is 35.3 Å². The Morgan fingerprint density at radius 1 is 1.24 bits per heavy atom. The summed E-state index contributed by atoms with van der Waals surface area (Å²) >= 11 is 0. The van der Waals surface area contributed by atoms with Gasteiger partial charge in [-0.2, -0.15) is 0 Å². The summed E-state index contributed by atoms with van der Waals surface area (Å²) in [4.78, 5) is 29.0. The van der Waals surface area contributed by atoms with Crippen LogP contribution in [-0.2, 0) is 23.1 Å². The van der Waals surface area contributed by atoms with Gasteiger partial charge in [0.15, 0.2) is 0 Å². The monoisotopic (exact) mass is 470 g/mol. The molecule has 2 atom stereocenters. The maximum atomic E-state index is 12.1. The molecule has 0 aliphatic heterocycles. The van der Waals surface area contributed by atoms with Crippen LogP contribution in [0.4, 0.5) is 0 Å². The van der Waals surface area contributed by atoms with Crippen LogP contribution in [0.25, 0.3) is 22.4 Å². The Labute approximate surface area is 199 Å². The Balaban J connectivity index is 1.73. The van der Waals surface area contributed by atoms with Gasteiger partial charge in [0.1, 0.15) is 24.2 Å². The number of aliphatic hydroxyl groups is 1. The van der Waals surface area contributed by atoms with E-state index in [1.165, 1.54) is 0 Å². The van der Waals surface area contributed by atoms with E-state index in [1.807, 2.05) is 24.3 Å². The number of aromatic nitrogens is 3. The van der Waals surface area contributed by atoms with Crippen molar-refractivity contribution in [1.29, 1.82) is 0 Å². The molecule has 0 aliphatic rings. The first-order valence-corrected chi connectivity index (χ1v) is 11.5. The average Bonchev–Trinajstić information content (AvgIpc) is 3.14. The standard InChI is InChI=1S/C25H34N4O5/c1-7-29-21-9-8-19(33-11-10-26-22(17(5)30)25(32)34-15(2)3)13-20(21)27-23(29)18-12-16(4)24(31)28(6)14-18/h8-9,12-15,17,22,26,30H,7,10-11H2,1-6H3. The molecule has 9 nitrogen and oxygen atoms in total. The number of pyridine rings is 1. The number of hydrogen-bond acceptors (Lipinski definition) is 7. The van der Waals surface area contributed by atoms with Crippen LogP contribution in [-0.4, -0.2) is 56.6 Å². The van der Waals surface area contributed by atoms with Crippen molar-refractivity contribution in [2.24, 2.45) is 7.05 Å². The largest absolute Gasteiger partial charge is 0.492 e. The van der Waals surface area contributed by atoms with Crippen LogP contribution < -0.4 is 15.6 Å². The number of nitrogens with one attached hydrogen (secondary N) is 1. The summed E-state index contributed by atoms with van der Waals surface area (Å²) in [5.41, 5.74) is 3.28. The van der Waals surface area contributed by atoms with Crippen LogP contribution in [0.3, 0.4) is 0 Å². The Kier molecular flexibility index (Phi) is 8.11. The van der Waals surface area contributed by atoms with Crippen LogP contribution in [0.1, 0.15) is 33.3 Å². The molecule has 3 rings (SSSR count). The van der Waals surface area contributed by atoms with Crippen LogP contribution in [0.5, 0.6) is 5.75 Å². The fourth-order valence-corrected chi connectivity index (χ4v) is 3.88. The molecule has 0 saturated heterocycles. The second-order valence-corrected chi connectivity index (χ2v) is 8.66. The van der Waals surface area contributed by atoms with Crippen LogP contribution in [0.2, 0.25) is 0 Å². The third-order valence-corrected chi connectivity index (χ3v) is 5.48. The molecule has 1 aromatic carbocycles. The molecule has 34 heavy (non-hydrogen) atoms. The number of fused-ring (bicyclic) bond motifs is 1. The van der Waals surface area contributed by atoms with Crippen molar-refractivity contribution >= 4 is 17.0 Å². The third kappa shape index (κ3) is 5.66. The highest BCUT2D eigenvalue weighted by Crippen LogP contribution is 2.27. The van der Waals surface area contributed by atoms with E-state index in [1.54, 1.807) is 45.5 Å². The highest BCUT2D eigenvalue weighted by atomic mass is 16.5. The molecule has 0 bridgehead atoms. The smallest absolute Gasteiger partial charge is 0.326 e. The lowest BCUT2D eigenvalue weighted by atomic mass is 10.2. The molecule has 3 aromatic rings. The SMILES string of the molecule is CCn1c(-c2cc(C)c(=O)n(C)c2)nc2cc(OCCNC(C(=O)OC(C)C)C(C)O)ccc21. The highest BCUT2D eigenvalue weighted by Gasteiger charge is 2.25. The molecule has 2 N–H and O–H groups in total. The first-order valence-electron chi connectivity index (χ1n) is 11.5. The molecular formula is C25H34N4O5. The molecule has 0 saturated carbocycles. The highest BCUT2D eigenvalue weighted by molar-refractivity contribution is 5.82. The van der Waals surface area contributed by atoms with Gasteiger partial charge >= 0.3 is 5.97 Å². The number of carbonyl (C=O) groups excluding carboxylic acids is 1. The van der Waals surface area contributed by atoms with Gasteiger partial charge in [-0.3, -0.25) is 14.9 Å². The van der Waals surface area contributed by atoms with Crippen LogP contribution in [0, 0.1) is 6.92 Å². The van der Waals surface area contributed by atoms with Gasteiger partial charge < -0.3 is 23.7 Å². The van der Waals surface area contributed by atoms with Gasteiger partial charge in [0.05, 0.1) is 23.2 Å². The zero-order valence-electron chi connectivity index (χ0n) is 20.7. The molecule has 9 heteroatoms. The van der Waals surface area contributed by atoms with Crippen molar-refractivity contribution < 1.29 is 19.4 Å². The topological polar surface area (TPSA) is 108 Å². The van der Waals surface area contributed by atoms with E-state index in [0.29, 0.717) is 24.5 Å². The number of rotatable bonds is 10. The number of nitrogens with zero attached hydrogens (tertiary/aromatic N) is 3. The number of ether oxygens (including phenoxy) is 2. The summed E-state index contributed by atoms with van der Waals surface area (Å²) in [5.74, 6) is 0.952. The van der Waals surface area contributed by atoms with Crippen molar-refractivity contribution in [1.82, 2.24) is 19.4 Å². The molecule has 2 aromatic heterocycles. The third-order valence-electron chi connectivity index (χ3n) is 5.48. The number of benzene rings is 1. The first-order chi connectivity index (χ1) is 16.1. The van der Waals surface area contributed by atoms with Gasteiger partial charge in [0.25, 0.3) is 5.56 Å². The van der Waals surface area contributed by atoms with Gasteiger partial charge in [-0.1, -0.05) is 0 Å². The Bertz CT molecular complexity index is 1190. The van der Waals surface area contributed by atoms with Crippen molar-refractivity contribution in [2.75, 3.05) is 13.2 Å². The zero-order chi connectivity index (χ0) is 25.0. The van der Waals surface area contributed by atoms with E-state index in [-0.39, 0.29) is 11.7 Å². The second-order valence-electron chi connectivity index (χ2n) is 8.66. The Hall–Kier alpha value is -3.17. The molecule has 0 aliphatic carbocycles. The van der Waals surface area contributed by atoms with Crippen molar-refractivity contribution in [3.05, 3.63) is 46.4 Å². The lowest BCUT2D eigenvalue weighted by Crippen LogP contribution is -2.47. The number of aryl methyl sites for hydroxylation is 3. The maximum Gasteiger partial charge on any atom is 0.326 e. The predicted molar refractivity (Wildman–Crippen MR) is 131 cm³/mol. The number of hydrogen-bond donors (Lipinski definition) is 2. The Morgan fingerprint density at radius 2 is 1.97 bits per heavy atom. The molecule has 184 valence electrons.